The molecule has 3 nitrogen and oxygen atoms in total. The van der Waals surface area contributed by atoms with Crippen LogP contribution in [0.1, 0.15) is 24.2 Å². The molecule has 0 aromatic carbocycles. The standard InChI is InChI=1S/C9H15N3/c1-6-9(10)7(2)12(11-6)5-8-3-4-8/h8H,3-5,10H2,1-2H3. The average molecular weight is 165 g/mol. The molecule has 2 N–H and O–H groups in total. The van der Waals surface area contributed by atoms with Gasteiger partial charge in [-0.15, -0.1) is 0 Å². The molecule has 1 aliphatic rings. The maximum atomic E-state index is 5.82. The number of aryl methyl sites for hydroxylation is 1. The van der Waals surface area contributed by atoms with Crippen LogP contribution < -0.4 is 5.73 Å². The van der Waals surface area contributed by atoms with E-state index < -0.39 is 0 Å². The summed E-state index contributed by atoms with van der Waals surface area (Å²) in [4.78, 5) is 0. The topological polar surface area (TPSA) is 43.8 Å². The van der Waals surface area contributed by atoms with Crippen molar-refractivity contribution in [1.82, 2.24) is 9.78 Å². The third-order valence-electron chi connectivity index (χ3n) is 2.57. The van der Waals surface area contributed by atoms with Crippen molar-refractivity contribution < 1.29 is 0 Å². The molecule has 3 heteroatoms. The Bertz CT molecular complexity index is 297. The van der Waals surface area contributed by atoms with Gasteiger partial charge in [-0.3, -0.25) is 4.68 Å². The van der Waals surface area contributed by atoms with Gasteiger partial charge in [0.15, 0.2) is 0 Å². The molecule has 0 bridgehead atoms. The molecule has 1 saturated carbocycles. The van der Waals surface area contributed by atoms with Crippen molar-refractivity contribution >= 4 is 5.69 Å². The van der Waals surface area contributed by atoms with E-state index in [2.05, 4.69) is 5.10 Å². The third-order valence-corrected chi connectivity index (χ3v) is 2.57. The summed E-state index contributed by atoms with van der Waals surface area (Å²) in [6.07, 6.45) is 2.72. The summed E-state index contributed by atoms with van der Waals surface area (Å²) < 4.78 is 2.04. The molecule has 0 amide bonds. The molecule has 0 saturated heterocycles. The number of nitrogen functional groups attached to an aromatic ring is 1. The van der Waals surface area contributed by atoms with Crippen LogP contribution in [0.4, 0.5) is 5.69 Å². The first-order valence-electron chi connectivity index (χ1n) is 4.48. The van der Waals surface area contributed by atoms with Gasteiger partial charge in [-0.25, -0.2) is 0 Å². The molecule has 1 aromatic rings. The van der Waals surface area contributed by atoms with Crippen molar-refractivity contribution in [2.45, 2.75) is 33.2 Å². The van der Waals surface area contributed by atoms with Gasteiger partial charge in [-0.05, 0) is 32.6 Å². The van der Waals surface area contributed by atoms with Crippen LogP contribution in [0.25, 0.3) is 0 Å². The fourth-order valence-electron chi connectivity index (χ4n) is 1.43. The molecule has 2 rings (SSSR count). The van der Waals surface area contributed by atoms with Crippen LogP contribution in [-0.4, -0.2) is 9.78 Å². The predicted molar refractivity (Wildman–Crippen MR) is 48.8 cm³/mol. The molecular weight excluding hydrogens is 150 g/mol. The molecule has 1 fully saturated rings. The van der Waals surface area contributed by atoms with Gasteiger partial charge in [0.25, 0.3) is 0 Å². The van der Waals surface area contributed by atoms with E-state index in [4.69, 9.17) is 5.73 Å². The highest BCUT2D eigenvalue weighted by Gasteiger charge is 2.23. The molecule has 12 heavy (non-hydrogen) atoms. The quantitative estimate of drug-likeness (QED) is 0.721. The van der Waals surface area contributed by atoms with Gasteiger partial charge in [0.2, 0.25) is 0 Å². The molecule has 0 radical (unpaired) electrons. The van der Waals surface area contributed by atoms with Crippen LogP contribution in [0.3, 0.4) is 0 Å². The van der Waals surface area contributed by atoms with Crippen LogP contribution >= 0.6 is 0 Å². The molecule has 0 aliphatic heterocycles. The van der Waals surface area contributed by atoms with Gasteiger partial charge in [0.05, 0.1) is 17.1 Å². The summed E-state index contributed by atoms with van der Waals surface area (Å²) in [6, 6.07) is 0. The summed E-state index contributed by atoms with van der Waals surface area (Å²) in [5.41, 5.74) is 8.76. The zero-order valence-corrected chi connectivity index (χ0v) is 7.67. The minimum atomic E-state index is 0.857. The molecular formula is C9H15N3. The molecule has 0 unspecified atom stereocenters. The fraction of sp³-hybridized carbons (Fsp3) is 0.667. The van der Waals surface area contributed by atoms with E-state index in [-0.39, 0.29) is 0 Å². The first kappa shape index (κ1) is 7.65. The van der Waals surface area contributed by atoms with Crippen molar-refractivity contribution in [3.8, 4) is 0 Å². The Morgan fingerprint density at radius 2 is 2.17 bits per heavy atom. The van der Waals surface area contributed by atoms with Gasteiger partial charge in [-0.2, -0.15) is 5.10 Å². The number of nitrogens with two attached hydrogens (primary N) is 1. The van der Waals surface area contributed by atoms with E-state index in [1.54, 1.807) is 0 Å². The van der Waals surface area contributed by atoms with Gasteiger partial charge in [-0.1, -0.05) is 0 Å². The maximum absolute atomic E-state index is 5.82. The number of hydrogen-bond acceptors (Lipinski definition) is 2. The predicted octanol–water partition coefficient (Wildman–Crippen LogP) is 1.49. The number of nitrogens with zero attached hydrogens (tertiary/aromatic N) is 2. The van der Waals surface area contributed by atoms with E-state index in [0.717, 1.165) is 29.5 Å². The molecule has 1 aliphatic carbocycles. The van der Waals surface area contributed by atoms with Crippen molar-refractivity contribution in [3.05, 3.63) is 11.4 Å². The van der Waals surface area contributed by atoms with E-state index >= 15 is 0 Å². The minimum absolute atomic E-state index is 0.857. The lowest BCUT2D eigenvalue weighted by molar-refractivity contribution is 0.547. The molecule has 66 valence electrons. The molecule has 0 spiro atoms. The van der Waals surface area contributed by atoms with Crippen LogP contribution in [0, 0.1) is 19.8 Å². The number of aromatic nitrogens is 2. The second-order valence-corrected chi connectivity index (χ2v) is 3.71. The van der Waals surface area contributed by atoms with Gasteiger partial charge in [0.1, 0.15) is 0 Å². The summed E-state index contributed by atoms with van der Waals surface area (Å²) in [7, 11) is 0. The summed E-state index contributed by atoms with van der Waals surface area (Å²) in [5.74, 6) is 0.863. The lowest BCUT2D eigenvalue weighted by Gasteiger charge is -2.01. The first-order valence-corrected chi connectivity index (χ1v) is 4.48. The Morgan fingerprint density at radius 1 is 1.50 bits per heavy atom. The Labute approximate surface area is 72.6 Å². The molecule has 1 heterocycles. The summed E-state index contributed by atoms with van der Waals surface area (Å²) >= 11 is 0. The summed E-state index contributed by atoms with van der Waals surface area (Å²) in [6.45, 7) is 5.06. The normalized spacial score (nSPS) is 16.8. The van der Waals surface area contributed by atoms with E-state index in [0.29, 0.717) is 0 Å². The van der Waals surface area contributed by atoms with Gasteiger partial charge < -0.3 is 5.73 Å². The van der Waals surface area contributed by atoms with Crippen molar-refractivity contribution in [2.75, 3.05) is 5.73 Å². The second kappa shape index (κ2) is 2.51. The highest BCUT2D eigenvalue weighted by Crippen LogP contribution is 2.31. The van der Waals surface area contributed by atoms with E-state index in [1.807, 2.05) is 18.5 Å². The molecule has 0 atom stereocenters. The number of anilines is 1. The SMILES string of the molecule is Cc1nn(CC2CC2)c(C)c1N. The smallest absolute Gasteiger partial charge is 0.0825 e. The number of hydrogen-bond donors (Lipinski definition) is 1. The van der Waals surface area contributed by atoms with Crippen molar-refractivity contribution in [1.29, 1.82) is 0 Å². The largest absolute Gasteiger partial charge is 0.396 e. The van der Waals surface area contributed by atoms with Crippen LogP contribution in [0.2, 0.25) is 0 Å². The zero-order valence-electron chi connectivity index (χ0n) is 7.67. The Morgan fingerprint density at radius 3 is 2.58 bits per heavy atom. The highest BCUT2D eigenvalue weighted by molar-refractivity contribution is 5.46. The Hall–Kier alpha value is -0.990. The third kappa shape index (κ3) is 1.19. The Balaban J connectivity index is 2.23. The fourth-order valence-corrected chi connectivity index (χ4v) is 1.43. The Kier molecular flexibility index (Phi) is 1.60. The lowest BCUT2D eigenvalue weighted by atomic mass is 10.3. The van der Waals surface area contributed by atoms with Gasteiger partial charge >= 0.3 is 0 Å². The monoisotopic (exact) mass is 165 g/mol. The average Bonchev–Trinajstić information content (AvgIpc) is 2.80. The molecule has 1 aromatic heterocycles. The van der Waals surface area contributed by atoms with Crippen LogP contribution in [0.5, 0.6) is 0 Å². The minimum Gasteiger partial charge on any atom is -0.396 e. The van der Waals surface area contributed by atoms with Crippen molar-refractivity contribution in [3.63, 3.8) is 0 Å². The van der Waals surface area contributed by atoms with Gasteiger partial charge in [0, 0.05) is 6.54 Å². The summed E-state index contributed by atoms with van der Waals surface area (Å²) in [5, 5.41) is 4.38. The zero-order chi connectivity index (χ0) is 8.72. The van der Waals surface area contributed by atoms with Crippen molar-refractivity contribution in [2.24, 2.45) is 5.92 Å². The van der Waals surface area contributed by atoms with E-state index in [9.17, 15) is 0 Å². The van der Waals surface area contributed by atoms with E-state index in [1.165, 1.54) is 12.8 Å². The second-order valence-electron chi connectivity index (χ2n) is 3.71. The lowest BCUT2D eigenvalue weighted by Crippen LogP contribution is -2.04. The maximum Gasteiger partial charge on any atom is 0.0825 e. The number of rotatable bonds is 2. The van der Waals surface area contributed by atoms with Crippen LogP contribution in [0.15, 0.2) is 0 Å². The highest BCUT2D eigenvalue weighted by atomic mass is 15.3. The first-order chi connectivity index (χ1) is 5.68. The van der Waals surface area contributed by atoms with Crippen LogP contribution in [-0.2, 0) is 6.54 Å².